The summed E-state index contributed by atoms with van der Waals surface area (Å²) < 4.78 is 20.0. The number of ether oxygens (including phenoxy) is 1. The number of carbonyl (C=O) groups excluding carboxylic acids is 1. The van der Waals surface area contributed by atoms with Crippen molar-refractivity contribution in [3.8, 4) is 45.9 Å². The smallest absolute Gasteiger partial charge is 0.267 e. The minimum absolute atomic E-state index is 0.107. The van der Waals surface area contributed by atoms with Crippen LogP contribution in [-0.4, -0.2) is 41.4 Å². The zero-order chi connectivity index (χ0) is 32.1. The van der Waals surface area contributed by atoms with Crippen LogP contribution in [0.2, 0.25) is 0 Å². The second-order valence-electron chi connectivity index (χ2n) is 10.6. The van der Waals surface area contributed by atoms with Gasteiger partial charge in [0.1, 0.15) is 29.3 Å². The molecule has 1 aromatic heterocycles. The third-order valence-electron chi connectivity index (χ3n) is 8.02. The molecule has 3 aromatic carbocycles. The molecular weight excluding hydrogens is 575 g/mol. The van der Waals surface area contributed by atoms with Crippen molar-refractivity contribution >= 4 is 17.8 Å². The Labute approximate surface area is 259 Å². The first-order valence-electron chi connectivity index (χ1n) is 14.0. The van der Waals surface area contributed by atoms with Crippen LogP contribution >= 0.6 is 0 Å². The first-order chi connectivity index (χ1) is 21.7. The van der Waals surface area contributed by atoms with E-state index in [1.807, 2.05) is 35.2 Å². The molecule has 11 heteroatoms. The molecule has 1 aliphatic heterocycles. The maximum atomic E-state index is 14.9. The van der Waals surface area contributed by atoms with Crippen molar-refractivity contribution in [3.05, 3.63) is 101 Å². The number of phenols is 1. The van der Waals surface area contributed by atoms with Gasteiger partial charge in [-0.1, -0.05) is 36.4 Å². The number of nitrogens with zero attached hydrogens (tertiary/aromatic N) is 4. The summed E-state index contributed by atoms with van der Waals surface area (Å²) in [5.74, 6) is -0.763. The van der Waals surface area contributed by atoms with Crippen LogP contribution in [-0.2, 0) is 10.3 Å². The minimum Gasteiger partial charge on any atom is -0.504 e. The summed E-state index contributed by atoms with van der Waals surface area (Å²) >= 11 is 0. The number of aromatic nitrogens is 1. The van der Waals surface area contributed by atoms with Crippen LogP contribution in [0.15, 0.2) is 72.9 Å². The molecule has 5 N–H and O–H groups in total. The van der Waals surface area contributed by atoms with Crippen LogP contribution in [0.4, 0.5) is 10.2 Å². The van der Waals surface area contributed by atoms with Gasteiger partial charge in [0.25, 0.3) is 5.91 Å². The van der Waals surface area contributed by atoms with E-state index in [2.05, 4.69) is 11.1 Å². The van der Waals surface area contributed by atoms with Gasteiger partial charge in [0.2, 0.25) is 0 Å². The van der Waals surface area contributed by atoms with Crippen molar-refractivity contribution in [1.29, 1.82) is 10.5 Å². The summed E-state index contributed by atoms with van der Waals surface area (Å²) in [6.07, 6.45) is 5.49. The van der Waals surface area contributed by atoms with Gasteiger partial charge in [-0.05, 0) is 65.4 Å². The van der Waals surface area contributed by atoms with E-state index >= 15 is 0 Å². The molecule has 1 fully saturated rings. The Morgan fingerprint density at radius 1 is 1.09 bits per heavy atom. The Kier molecular flexibility index (Phi) is 8.77. The molecule has 10 nitrogen and oxygen atoms in total. The highest BCUT2D eigenvalue weighted by molar-refractivity contribution is 5.91. The van der Waals surface area contributed by atoms with Crippen molar-refractivity contribution in [2.45, 2.75) is 18.4 Å². The van der Waals surface area contributed by atoms with E-state index in [-0.39, 0.29) is 22.6 Å². The van der Waals surface area contributed by atoms with E-state index < -0.39 is 17.3 Å². The third-order valence-corrected chi connectivity index (χ3v) is 8.02. The van der Waals surface area contributed by atoms with E-state index in [0.717, 1.165) is 11.1 Å². The highest BCUT2D eigenvalue weighted by Crippen LogP contribution is 2.42. The Morgan fingerprint density at radius 2 is 1.80 bits per heavy atom. The number of pyridine rings is 1. The standard InChI is InChI=1S/C34H29FN6O4/c1-45-30-10-7-22(17-29(30)42)27-20-39-33(26(19-37)32(27)23-5-6-24(18-36)28(35)16-23)41-14-12-34(38,13-15-41)25-8-2-21(3-9-25)4-11-31(43)40-44/h2-11,16-17,20,42,44H,12-15,38H2,1H3,(H,40,43)/b11-4+. The molecule has 1 aliphatic rings. The molecule has 45 heavy (non-hydrogen) atoms. The van der Waals surface area contributed by atoms with E-state index in [9.17, 15) is 24.8 Å². The number of anilines is 1. The van der Waals surface area contributed by atoms with Gasteiger partial charge in [0.05, 0.1) is 12.7 Å². The number of methoxy groups -OCH3 is 1. The molecule has 2 heterocycles. The van der Waals surface area contributed by atoms with E-state index in [0.29, 0.717) is 54.0 Å². The van der Waals surface area contributed by atoms with E-state index in [4.69, 9.17) is 15.7 Å². The van der Waals surface area contributed by atoms with Crippen LogP contribution in [0.1, 0.15) is 35.1 Å². The third kappa shape index (κ3) is 6.17. The van der Waals surface area contributed by atoms with Crippen LogP contribution in [0.5, 0.6) is 11.5 Å². The number of halogens is 1. The van der Waals surface area contributed by atoms with Gasteiger partial charge < -0.3 is 20.5 Å². The van der Waals surface area contributed by atoms with Gasteiger partial charge in [-0.25, -0.2) is 14.9 Å². The monoisotopic (exact) mass is 604 g/mol. The lowest BCUT2D eigenvalue weighted by molar-refractivity contribution is -0.124. The number of hydrogen-bond acceptors (Lipinski definition) is 9. The maximum Gasteiger partial charge on any atom is 0.267 e. The van der Waals surface area contributed by atoms with Gasteiger partial charge in [-0.3, -0.25) is 10.0 Å². The predicted octanol–water partition coefficient (Wildman–Crippen LogP) is 4.99. The number of hydroxylamine groups is 1. The lowest BCUT2D eigenvalue weighted by Gasteiger charge is -2.40. The van der Waals surface area contributed by atoms with Crippen molar-refractivity contribution in [3.63, 3.8) is 0 Å². The van der Waals surface area contributed by atoms with Crippen molar-refractivity contribution in [2.75, 3.05) is 25.1 Å². The SMILES string of the molecule is COc1ccc(-c2cnc(N3CCC(N)(c4ccc(/C=C/C(=O)NO)cc4)CC3)c(C#N)c2-c2ccc(C#N)c(F)c2)cc1O. The van der Waals surface area contributed by atoms with E-state index in [1.165, 1.54) is 31.4 Å². The first kappa shape index (κ1) is 30.7. The number of benzene rings is 3. The molecule has 0 bridgehead atoms. The largest absolute Gasteiger partial charge is 0.504 e. The second kappa shape index (κ2) is 12.9. The van der Waals surface area contributed by atoms with Gasteiger partial charge in [0.15, 0.2) is 11.5 Å². The molecule has 0 radical (unpaired) electrons. The van der Waals surface area contributed by atoms with Crippen LogP contribution in [0.25, 0.3) is 28.3 Å². The number of carbonyl (C=O) groups is 1. The van der Waals surface area contributed by atoms with Crippen molar-refractivity contribution in [2.24, 2.45) is 5.73 Å². The second-order valence-corrected chi connectivity index (χ2v) is 10.6. The van der Waals surface area contributed by atoms with Crippen LogP contribution in [0, 0.1) is 28.5 Å². The average Bonchev–Trinajstić information content (AvgIpc) is 3.07. The normalized spacial score (nSPS) is 14.0. The maximum absolute atomic E-state index is 14.9. The molecule has 4 aromatic rings. The fourth-order valence-electron chi connectivity index (χ4n) is 5.53. The Bertz CT molecular complexity index is 1870. The average molecular weight is 605 g/mol. The molecule has 1 saturated heterocycles. The summed E-state index contributed by atoms with van der Waals surface area (Å²) in [6.45, 7) is 0.973. The number of phenolic OH excluding ortho intramolecular Hbond substituents is 1. The number of amides is 1. The van der Waals surface area contributed by atoms with E-state index in [1.54, 1.807) is 36.0 Å². The lowest BCUT2D eigenvalue weighted by Crippen LogP contribution is -2.48. The van der Waals surface area contributed by atoms with Crippen LogP contribution in [0.3, 0.4) is 0 Å². The fraction of sp³-hybridized carbons (Fsp3) is 0.176. The zero-order valence-electron chi connectivity index (χ0n) is 24.3. The Balaban J connectivity index is 1.50. The number of nitriles is 2. The quantitative estimate of drug-likeness (QED) is 0.129. The molecule has 1 amide bonds. The summed E-state index contributed by atoms with van der Waals surface area (Å²) in [7, 11) is 1.44. The van der Waals surface area contributed by atoms with Gasteiger partial charge in [0, 0.05) is 42.0 Å². The van der Waals surface area contributed by atoms with Gasteiger partial charge in [-0.15, -0.1) is 0 Å². The molecule has 0 aliphatic carbocycles. The molecule has 0 spiro atoms. The number of nitrogens with one attached hydrogen (secondary N) is 1. The zero-order valence-corrected chi connectivity index (χ0v) is 24.3. The number of hydrogen-bond donors (Lipinski definition) is 4. The summed E-state index contributed by atoms with van der Waals surface area (Å²) in [5.41, 5.74) is 11.4. The number of nitrogens with two attached hydrogens (primary N) is 1. The van der Waals surface area contributed by atoms with Crippen molar-refractivity contribution in [1.82, 2.24) is 10.5 Å². The Morgan fingerprint density at radius 3 is 2.40 bits per heavy atom. The molecule has 226 valence electrons. The lowest BCUT2D eigenvalue weighted by atomic mass is 9.81. The summed E-state index contributed by atoms with van der Waals surface area (Å²) in [5, 5.41) is 38.9. The summed E-state index contributed by atoms with van der Waals surface area (Å²) in [4.78, 5) is 17.9. The van der Waals surface area contributed by atoms with Crippen LogP contribution < -0.4 is 20.9 Å². The van der Waals surface area contributed by atoms with Gasteiger partial charge in [-0.2, -0.15) is 10.5 Å². The van der Waals surface area contributed by atoms with Gasteiger partial charge >= 0.3 is 0 Å². The topological polar surface area (TPSA) is 169 Å². The predicted molar refractivity (Wildman–Crippen MR) is 165 cm³/mol. The number of aromatic hydroxyl groups is 1. The number of rotatable bonds is 7. The molecule has 0 unspecified atom stereocenters. The highest BCUT2D eigenvalue weighted by atomic mass is 19.1. The first-order valence-corrected chi connectivity index (χ1v) is 14.0. The Hall–Kier alpha value is -5.75. The molecule has 0 saturated carbocycles. The fourth-order valence-corrected chi connectivity index (χ4v) is 5.53. The molecular formula is C34H29FN6O4. The van der Waals surface area contributed by atoms with Crippen molar-refractivity contribution < 1.29 is 24.2 Å². The molecule has 5 rings (SSSR count). The number of piperidine rings is 1. The highest BCUT2D eigenvalue weighted by Gasteiger charge is 2.34. The molecule has 0 atom stereocenters. The summed E-state index contributed by atoms with van der Waals surface area (Å²) in [6, 6.07) is 20.6. The minimum atomic E-state index is -0.718.